The molecule has 0 fully saturated rings. The zero-order valence-electron chi connectivity index (χ0n) is 12.4. The molecule has 0 aromatic carbocycles. The number of rotatable bonds is 5. The Labute approximate surface area is 116 Å². The maximum Gasteiger partial charge on any atom is 0.200 e. The molecule has 2 atom stereocenters. The fourth-order valence-corrected chi connectivity index (χ4v) is 1.22. The highest BCUT2D eigenvalue weighted by Crippen LogP contribution is 2.05. The summed E-state index contributed by atoms with van der Waals surface area (Å²) in [5.41, 5.74) is 6.26. The predicted molar refractivity (Wildman–Crippen MR) is 83.6 cm³/mol. The first-order valence-corrected chi connectivity index (χ1v) is 6.04. The lowest BCUT2D eigenvalue weighted by Gasteiger charge is -2.25. The molecule has 0 radical (unpaired) electrons. The van der Waals surface area contributed by atoms with Crippen molar-refractivity contribution in [1.29, 1.82) is 0 Å². The molecule has 2 N–H and O–H groups in total. The van der Waals surface area contributed by atoms with E-state index in [0.29, 0.717) is 5.84 Å². The first kappa shape index (κ1) is 16.9. The van der Waals surface area contributed by atoms with Gasteiger partial charge in [0, 0.05) is 18.8 Å². The van der Waals surface area contributed by atoms with Crippen LogP contribution in [0.15, 0.2) is 27.4 Å². The SMILES string of the molecule is C#CC(N=C(C)C)=NC(C)C(C)N(C)C=NC(=C)N. The van der Waals surface area contributed by atoms with Crippen LogP contribution in [0.2, 0.25) is 0 Å². The predicted octanol–water partition coefficient (Wildman–Crippen LogP) is 1.67. The maximum absolute atomic E-state index is 5.39. The lowest BCUT2D eigenvalue weighted by atomic mass is 10.1. The second kappa shape index (κ2) is 8.09. The van der Waals surface area contributed by atoms with E-state index in [2.05, 4.69) is 27.5 Å². The van der Waals surface area contributed by atoms with Crippen LogP contribution in [-0.4, -0.2) is 41.9 Å². The molecule has 0 aliphatic rings. The lowest BCUT2D eigenvalue weighted by molar-refractivity contribution is 0.356. The van der Waals surface area contributed by atoms with Gasteiger partial charge in [-0.3, -0.25) is 4.99 Å². The Morgan fingerprint density at radius 3 is 2.42 bits per heavy atom. The van der Waals surface area contributed by atoms with Gasteiger partial charge in [0.25, 0.3) is 0 Å². The Balaban J connectivity index is 4.86. The molecular formula is C14H23N5. The Hall–Kier alpha value is -2.09. The van der Waals surface area contributed by atoms with Crippen molar-refractivity contribution in [3.8, 4) is 12.3 Å². The van der Waals surface area contributed by atoms with Gasteiger partial charge in [0.15, 0.2) is 5.84 Å². The zero-order chi connectivity index (χ0) is 15.0. The van der Waals surface area contributed by atoms with Crippen molar-refractivity contribution in [3.63, 3.8) is 0 Å². The van der Waals surface area contributed by atoms with Crippen molar-refractivity contribution in [2.75, 3.05) is 7.05 Å². The average molecular weight is 261 g/mol. The standard InChI is InChI=1S/C14H23N5/c1-8-14(17-10(2)3)18-11(4)12(5)19(7)9-16-13(6)15/h1,9,11-12H,6,15H2,2-5,7H3. The summed E-state index contributed by atoms with van der Waals surface area (Å²) in [5, 5.41) is 0. The second-order valence-electron chi connectivity index (χ2n) is 4.54. The highest BCUT2D eigenvalue weighted by molar-refractivity contribution is 6.05. The van der Waals surface area contributed by atoms with Crippen LogP contribution >= 0.6 is 0 Å². The summed E-state index contributed by atoms with van der Waals surface area (Å²) in [5.74, 6) is 3.16. The highest BCUT2D eigenvalue weighted by Gasteiger charge is 2.14. The van der Waals surface area contributed by atoms with Crippen LogP contribution in [0.1, 0.15) is 27.7 Å². The van der Waals surface area contributed by atoms with Gasteiger partial charge in [0.1, 0.15) is 5.82 Å². The molecule has 0 aromatic heterocycles. The molecule has 104 valence electrons. The largest absolute Gasteiger partial charge is 0.384 e. The topological polar surface area (TPSA) is 66.3 Å². The Morgan fingerprint density at radius 1 is 1.42 bits per heavy atom. The fraction of sp³-hybridized carbons (Fsp3) is 0.500. The summed E-state index contributed by atoms with van der Waals surface area (Å²) in [6.07, 6.45) is 7.02. The van der Waals surface area contributed by atoms with Gasteiger partial charge in [0.05, 0.1) is 12.4 Å². The number of amidine groups is 1. The van der Waals surface area contributed by atoms with Crippen LogP contribution in [0, 0.1) is 12.3 Å². The molecule has 5 nitrogen and oxygen atoms in total. The average Bonchev–Trinajstić information content (AvgIpc) is 2.33. The van der Waals surface area contributed by atoms with Crippen LogP contribution in [0.3, 0.4) is 0 Å². The van der Waals surface area contributed by atoms with Gasteiger partial charge in [0.2, 0.25) is 0 Å². The third-order valence-electron chi connectivity index (χ3n) is 2.53. The summed E-state index contributed by atoms with van der Waals surface area (Å²) >= 11 is 0. The van der Waals surface area contributed by atoms with Gasteiger partial charge < -0.3 is 10.6 Å². The number of nitrogens with zero attached hydrogens (tertiary/aromatic N) is 4. The minimum absolute atomic E-state index is 0.0170. The second-order valence-corrected chi connectivity index (χ2v) is 4.54. The van der Waals surface area contributed by atoms with Crippen molar-refractivity contribution >= 4 is 17.9 Å². The summed E-state index contributed by atoms with van der Waals surface area (Å²) < 4.78 is 0. The smallest absolute Gasteiger partial charge is 0.200 e. The van der Waals surface area contributed by atoms with E-state index >= 15 is 0 Å². The molecule has 0 saturated heterocycles. The molecule has 5 heteroatoms. The molecule has 19 heavy (non-hydrogen) atoms. The molecule has 0 bridgehead atoms. The lowest BCUT2D eigenvalue weighted by Crippen LogP contribution is -2.36. The van der Waals surface area contributed by atoms with Crippen LogP contribution in [-0.2, 0) is 0 Å². The van der Waals surface area contributed by atoms with E-state index in [-0.39, 0.29) is 17.9 Å². The number of terminal acetylenes is 1. The summed E-state index contributed by atoms with van der Waals surface area (Å²) in [6, 6.07) is 0.0930. The first-order valence-electron chi connectivity index (χ1n) is 6.04. The van der Waals surface area contributed by atoms with Crippen LogP contribution in [0.5, 0.6) is 0 Å². The first-order chi connectivity index (χ1) is 8.77. The van der Waals surface area contributed by atoms with Gasteiger partial charge in [-0.15, -0.1) is 6.42 Å². The van der Waals surface area contributed by atoms with E-state index in [1.807, 2.05) is 39.6 Å². The minimum atomic E-state index is -0.0170. The number of nitrogens with two attached hydrogens (primary N) is 1. The van der Waals surface area contributed by atoms with Crippen molar-refractivity contribution in [2.45, 2.75) is 39.8 Å². The quantitative estimate of drug-likeness (QED) is 0.465. The monoisotopic (exact) mass is 261 g/mol. The van der Waals surface area contributed by atoms with E-state index < -0.39 is 0 Å². The van der Waals surface area contributed by atoms with Crippen molar-refractivity contribution in [3.05, 3.63) is 12.4 Å². The summed E-state index contributed by atoms with van der Waals surface area (Å²) in [6.45, 7) is 11.3. The number of hydrogen-bond acceptors (Lipinski definition) is 3. The van der Waals surface area contributed by atoms with Gasteiger partial charge in [-0.2, -0.15) is 0 Å². The maximum atomic E-state index is 5.39. The molecule has 0 aliphatic carbocycles. The number of hydrogen-bond donors (Lipinski definition) is 1. The van der Waals surface area contributed by atoms with Gasteiger partial charge in [-0.05, 0) is 33.6 Å². The van der Waals surface area contributed by atoms with Crippen LogP contribution < -0.4 is 5.73 Å². The summed E-state index contributed by atoms with van der Waals surface area (Å²) in [7, 11) is 1.90. The van der Waals surface area contributed by atoms with Gasteiger partial charge in [-0.1, -0.05) is 6.58 Å². The van der Waals surface area contributed by atoms with Crippen molar-refractivity contribution < 1.29 is 0 Å². The van der Waals surface area contributed by atoms with Gasteiger partial charge >= 0.3 is 0 Å². The van der Waals surface area contributed by atoms with E-state index in [4.69, 9.17) is 12.2 Å². The molecule has 0 aliphatic heterocycles. The molecular weight excluding hydrogens is 238 g/mol. The number of likely N-dealkylation sites (N-methyl/N-ethyl adjacent to an activating group) is 1. The van der Waals surface area contributed by atoms with Crippen molar-refractivity contribution in [2.24, 2.45) is 20.7 Å². The van der Waals surface area contributed by atoms with Crippen LogP contribution in [0.4, 0.5) is 0 Å². The van der Waals surface area contributed by atoms with Crippen molar-refractivity contribution in [1.82, 2.24) is 4.90 Å². The molecule has 0 amide bonds. The molecule has 0 aromatic rings. The number of aliphatic imine (C=N–C) groups is 3. The van der Waals surface area contributed by atoms with Gasteiger partial charge in [-0.25, -0.2) is 9.98 Å². The molecule has 0 heterocycles. The molecule has 0 rings (SSSR count). The van der Waals surface area contributed by atoms with E-state index in [1.54, 1.807) is 6.34 Å². The van der Waals surface area contributed by atoms with E-state index in [9.17, 15) is 0 Å². The Morgan fingerprint density at radius 2 is 2.00 bits per heavy atom. The molecule has 2 unspecified atom stereocenters. The zero-order valence-corrected chi connectivity index (χ0v) is 12.4. The Kier molecular flexibility index (Phi) is 7.20. The molecule has 0 saturated carbocycles. The normalized spacial score (nSPS) is 14.6. The van der Waals surface area contributed by atoms with Crippen LogP contribution in [0.25, 0.3) is 0 Å². The highest BCUT2D eigenvalue weighted by atomic mass is 15.2. The van der Waals surface area contributed by atoms with E-state index in [0.717, 1.165) is 5.71 Å². The third-order valence-corrected chi connectivity index (χ3v) is 2.53. The summed E-state index contributed by atoms with van der Waals surface area (Å²) in [4.78, 5) is 14.5. The van der Waals surface area contributed by atoms with E-state index in [1.165, 1.54) is 0 Å². The minimum Gasteiger partial charge on any atom is -0.384 e. The molecule has 0 spiro atoms. The third kappa shape index (κ3) is 7.04. The fourth-order valence-electron chi connectivity index (χ4n) is 1.22. The Bertz CT molecular complexity index is 435.